The Labute approximate surface area is 106 Å². The number of ether oxygens (including phenoxy) is 1. The van der Waals surface area contributed by atoms with Crippen molar-refractivity contribution >= 4 is 5.97 Å². The van der Waals surface area contributed by atoms with E-state index in [9.17, 15) is 4.79 Å². The van der Waals surface area contributed by atoms with Crippen molar-refractivity contribution in [1.82, 2.24) is 0 Å². The highest BCUT2D eigenvalue weighted by Crippen LogP contribution is 2.39. The summed E-state index contributed by atoms with van der Waals surface area (Å²) in [5.74, 6) is -0.228. The molecule has 0 aromatic heterocycles. The van der Waals surface area contributed by atoms with Crippen LogP contribution in [-0.4, -0.2) is 5.97 Å². The maximum Gasteiger partial charge on any atom is 0.303 e. The van der Waals surface area contributed by atoms with Crippen molar-refractivity contribution < 1.29 is 9.53 Å². The predicted molar refractivity (Wildman–Crippen MR) is 70.1 cm³/mol. The lowest BCUT2D eigenvalue weighted by Crippen LogP contribution is -2.16. The lowest BCUT2D eigenvalue weighted by atomic mass is 9.84. The van der Waals surface area contributed by atoms with Gasteiger partial charge in [0.05, 0.1) is 0 Å². The van der Waals surface area contributed by atoms with Gasteiger partial charge in [-0.1, -0.05) is 48.5 Å². The average Bonchev–Trinajstić information content (AvgIpc) is 2.38. The molecular weight excluding hydrogens is 224 g/mol. The summed E-state index contributed by atoms with van der Waals surface area (Å²) in [6.45, 7) is 1.46. The van der Waals surface area contributed by atoms with E-state index in [0.717, 1.165) is 12.0 Å². The molecule has 2 aromatic carbocycles. The van der Waals surface area contributed by atoms with Crippen LogP contribution in [-0.2, 0) is 16.0 Å². The van der Waals surface area contributed by atoms with E-state index in [1.54, 1.807) is 0 Å². The second-order valence-electron chi connectivity index (χ2n) is 4.55. The minimum Gasteiger partial charge on any atom is -0.457 e. The van der Waals surface area contributed by atoms with Crippen LogP contribution in [0.15, 0.2) is 48.5 Å². The second-order valence-corrected chi connectivity index (χ2v) is 4.55. The molecule has 1 aliphatic carbocycles. The van der Waals surface area contributed by atoms with Gasteiger partial charge in [-0.25, -0.2) is 0 Å². The smallest absolute Gasteiger partial charge is 0.303 e. The zero-order valence-corrected chi connectivity index (χ0v) is 10.2. The molecule has 0 fully saturated rings. The Morgan fingerprint density at radius 2 is 1.72 bits per heavy atom. The third kappa shape index (κ3) is 1.80. The van der Waals surface area contributed by atoms with E-state index in [1.807, 2.05) is 30.3 Å². The van der Waals surface area contributed by atoms with E-state index < -0.39 is 0 Å². The number of fused-ring (bicyclic) bond motifs is 3. The van der Waals surface area contributed by atoms with Gasteiger partial charge in [-0.3, -0.25) is 4.79 Å². The Morgan fingerprint density at radius 1 is 1.06 bits per heavy atom. The fourth-order valence-electron chi connectivity index (χ4n) is 2.60. The summed E-state index contributed by atoms with van der Waals surface area (Å²) in [5.41, 5.74) is 4.76. The average molecular weight is 238 g/mol. The lowest BCUT2D eigenvalue weighted by Gasteiger charge is -2.27. The molecule has 2 aromatic rings. The molecule has 1 atom stereocenters. The summed E-state index contributed by atoms with van der Waals surface area (Å²) < 4.78 is 5.44. The standard InChI is InChI=1S/C16H14O2/c1-11(17)18-16-10-12-6-2-3-7-13(12)14-8-4-5-9-15(14)16/h2-9,16H,10H2,1H3. The minimum absolute atomic E-state index is 0.159. The molecule has 0 saturated heterocycles. The first-order chi connectivity index (χ1) is 8.75. The quantitative estimate of drug-likeness (QED) is 0.710. The number of rotatable bonds is 1. The van der Waals surface area contributed by atoms with Crippen molar-refractivity contribution in [1.29, 1.82) is 0 Å². The van der Waals surface area contributed by atoms with Gasteiger partial charge in [0.15, 0.2) is 0 Å². The number of hydrogen-bond donors (Lipinski definition) is 0. The van der Waals surface area contributed by atoms with Crippen molar-refractivity contribution in [2.45, 2.75) is 19.4 Å². The van der Waals surface area contributed by atoms with E-state index in [2.05, 4.69) is 18.2 Å². The molecule has 1 unspecified atom stereocenters. The fourth-order valence-corrected chi connectivity index (χ4v) is 2.60. The summed E-state index contributed by atoms with van der Waals surface area (Å²) in [5, 5.41) is 0. The van der Waals surface area contributed by atoms with E-state index in [1.165, 1.54) is 23.6 Å². The molecule has 2 heteroatoms. The van der Waals surface area contributed by atoms with Crippen molar-refractivity contribution in [2.75, 3.05) is 0 Å². The molecule has 0 aliphatic heterocycles. The molecule has 90 valence electrons. The molecule has 0 spiro atoms. The molecule has 0 heterocycles. The number of carbonyl (C=O) groups is 1. The maximum absolute atomic E-state index is 11.2. The zero-order valence-electron chi connectivity index (χ0n) is 10.2. The van der Waals surface area contributed by atoms with Crippen LogP contribution < -0.4 is 0 Å². The first kappa shape index (κ1) is 11.0. The third-order valence-corrected chi connectivity index (χ3v) is 3.33. The molecule has 0 saturated carbocycles. The molecule has 18 heavy (non-hydrogen) atoms. The largest absolute Gasteiger partial charge is 0.457 e. The lowest BCUT2D eigenvalue weighted by molar-refractivity contribution is -0.146. The third-order valence-electron chi connectivity index (χ3n) is 3.33. The Hall–Kier alpha value is -2.09. The Bertz CT molecular complexity index is 602. The first-order valence-corrected chi connectivity index (χ1v) is 6.10. The van der Waals surface area contributed by atoms with Crippen LogP contribution in [0, 0.1) is 0 Å². The van der Waals surface area contributed by atoms with Crippen LogP contribution in [0.3, 0.4) is 0 Å². The van der Waals surface area contributed by atoms with Gasteiger partial charge in [0, 0.05) is 18.9 Å². The van der Waals surface area contributed by atoms with Crippen molar-refractivity contribution in [2.24, 2.45) is 0 Å². The molecule has 0 N–H and O–H groups in total. The van der Waals surface area contributed by atoms with Crippen molar-refractivity contribution in [3.8, 4) is 11.1 Å². The maximum atomic E-state index is 11.2. The van der Waals surface area contributed by atoms with Crippen LogP contribution in [0.2, 0.25) is 0 Å². The molecule has 2 nitrogen and oxygen atoms in total. The topological polar surface area (TPSA) is 26.3 Å². The summed E-state index contributed by atoms with van der Waals surface area (Å²) in [6.07, 6.45) is 0.598. The van der Waals surface area contributed by atoms with E-state index >= 15 is 0 Å². The van der Waals surface area contributed by atoms with Gasteiger partial charge < -0.3 is 4.74 Å². The zero-order chi connectivity index (χ0) is 12.5. The van der Waals surface area contributed by atoms with Crippen LogP contribution in [0.25, 0.3) is 11.1 Å². The van der Waals surface area contributed by atoms with Gasteiger partial charge in [0.2, 0.25) is 0 Å². The Morgan fingerprint density at radius 3 is 2.50 bits per heavy atom. The van der Waals surface area contributed by atoms with Gasteiger partial charge >= 0.3 is 5.97 Å². The number of benzene rings is 2. The minimum atomic E-state index is -0.228. The highest BCUT2D eigenvalue weighted by atomic mass is 16.5. The molecule has 1 aliphatic rings. The normalized spacial score (nSPS) is 16.6. The Kier molecular flexibility index (Phi) is 2.63. The van der Waals surface area contributed by atoms with Crippen molar-refractivity contribution in [3.05, 3.63) is 59.7 Å². The summed E-state index contributed by atoms with van der Waals surface area (Å²) in [6, 6.07) is 16.4. The SMILES string of the molecule is CC(=O)OC1Cc2ccccc2-c2ccccc21. The number of carbonyl (C=O) groups excluding carboxylic acids is 1. The first-order valence-electron chi connectivity index (χ1n) is 6.10. The van der Waals surface area contributed by atoms with E-state index in [4.69, 9.17) is 4.74 Å². The van der Waals surface area contributed by atoms with E-state index in [-0.39, 0.29) is 12.1 Å². The number of hydrogen-bond acceptors (Lipinski definition) is 2. The van der Waals surface area contributed by atoms with E-state index in [0.29, 0.717) is 0 Å². The highest BCUT2D eigenvalue weighted by molar-refractivity contribution is 5.74. The molecule has 3 rings (SSSR count). The molecule has 0 bridgehead atoms. The molecular formula is C16H14O2. The predicted octanol–water partition coefficient (Wildman–Crippen LogP) is 3.51. The van der Waals surface area contributed by atoms with Gasteiger partial charge in [-0.15, -0.1) is 0 Å². The monoisotopic (exact) mass is 238 g/mol. The van der Waals surface area contributed by atoms with Gasteiger partial charge in [0.25, 0.3) is 0 Å². The van der Waals surface area contributed by atoms with Crippen molar-refractivity contribution in [3.63, 3.8) is 0 Å². The highest BCUT2D eigenvalue weighted by Gasteiger charge is 2.25. The number of esters is 1. The van der Waals surface area contributed by atoms with Gasteiger partial charge in [0.1, 0.15) is 6.10 Å². The molecule has 0 radical (unpaired) electrons. The van der Waals surface area contributed by atoms with Crippen LogP contribution >= 0.6 is 0 Å². The van der Waals surface area contributed by atoms with Gasteiger partial charge in [-0.05, 0) is 16.7 Å². The summed E-state index contributed by atoms with van der Waals surface area (Å²) in [7, 11) is 0. The van der Waals surface area contributed by atoms with Crippen LogP contribution in [0.4, 0.5) is 0 Å². The molecule has 0 amide bonds. The van der Waals surface area contributed by atoms with Gasteiger partial charge in [-0.2, -0.15) is 0 Å². The second kappa shape index (κ2) is 4.30. The Balaban J connectivity index is 2.13. The van der Waals surface area contributed by atoms with Crippen LogP contribution in [0.1, 0.15) is 24.2 Å². The summed E-state index contributed by atoms with van der Waals surface area (Å²) >= 11 is 0. The fraction of sp³-hybridized carbons (Fsp3) is 0.188. The van der Waals surface area contributed by atoms with Crippen LogP contribution in [0.5, 0.6) is 0 Å². The summed E-state index contributed by atoms with van der Waals surface area (Å²) in [4.78, 5) is 11.2.